The number of nitrogens with zero attached hydrogens (tertiary/aromatic N) is 4. The van der Waals surface area contributed by atoms with Gasteiger partial charge in [0, 0.05) is 18.7 Å². The fraction of sp³-hybridized carbons (Fsp3) is 0.438. The van der Waals surface area contributed by atoms with E-state index in [0.717, 1.165) is 31.0 Å². The Morgan fingerprint density at radius 1 is 1.26 bits per heavy atom. The molecule has 1 N–H and O–H groups in total. The third-order valence-corrected chi connectivity index (χ3v) is 4.40. The number of aromatic nitrogens is 2. The van der Waals surface area contributed by atoms with E-state index in [1.807, 2.05) is 30.3 Å². The van der Waals surface area contributed by atoms with Gasteiger partial charge in [-0.05, 0) is 18.7 Å². The highest BCUT2D eigenvalue weighted by Gasteiger charge is 2.15. The Labute approximate surface area is 140 Å². The van der Waals surface area contributed by atoms with Crippen LogP contribution < -0.4 is 0 Å². The Morgan fingerprint density at radius 3 is 2.65 bits per heavy atom. The minimum absolute atomic E-state index is 0.267. The molecule has 0 saturated heterocycles. The van der Waals surface area contributed by atoms with Crippen molar-refractivity contribution in [2.45, 2.75) is 20.3 Å². The molecule has 7 heteroatoms. The van der Waals surface area contributed by atoms with Crippen molar-refractivity contribution in [1.82, 2.24) is 15.0 Å². The first-order chi connectivity index (χ1) is 11.3. The minimum atomic E-state index is 0.267. The third-order valence-electron chi connectivity index (χ3n) is 3.49. The maximum atomic E-state index is 9.18. The van der Waals surface area contributed by atoms with E-state index in [9.17, 15) is 5.21 Å². The van der Waals surface area contributed by atoms with Crippen molar-refractivity contribution < 1.29 is 9.73 Å². The van der Waals surface area contributed by atoms with Gasteiger partial charge in [0.25, 0.3) is 5.89 Å². The molecule has 0 aliphatic carbocycles. The summed E-state index contributed by atoms with van der Waals surface area (Å²) in [6.07, 6.45) is 0.590. The van der Waals surface area contributed by atoms with Crippen LogP contribution >= 0.6 is 11.8 Å². The first-order valence-corrected chi connectivity index (χ1v) is 8.69. The van der Waals surface area contributed by atoms with Gasteiger partial charge in [0.05, 0.1) is 0 Å². The van der Waals surface area contributed by atoms with Crippen LogP contribution in [0.15, 0.2) is 40.0 Å². The minimum Gasteiger partial charge on any atom is -0.410 e. The summed E-state index contributed by atoms with van der Waals surface area (Å²) in [7, 11) is 0. The zero-order chi connectivity index (χ0) is 16.5. The first kappa shape index (κ1) is 17.5. The summed E-state index contributed by atoms with van der Waals surface area (Å²) in [5.41, 5.74) is 1.11. The second kappa shape index (κ2) is 9.32. The number of hydrogen-bond donors (Lipinski definition) is 1. The smallest absolute Gasteiger partial charge is 0.286 e. The number of hydrogen-bond acceptors (Lipinski definition) is 7. The standard InChI is InChI=1S/C16H22N4O2S/c1-3-20(4-2)10-11-23-16(18-21)15-17-14(19-22-15)12-13-8-6-5-7-9-13/h5-9,21H,3-4,10-12H2,1-2H3. The van der Waals surface area contributed by atoms with Gasteiger partial charge in [0.1, 0.15) is 0 Å². The average Bonchev–Trinajstić information content (AvgIpc) is 3.04. The van der Waals surface area contributed by atoms with Gasteiger partial charge in [0.15, 0.2) is 5.82 Å². The Bertz CT molecular complexity index is 612. The van der Waals surface area contributed by atoms with Gasteiger partial charge in [0.2, 0.25) is 5.04 Å². The second-order valence-electron chi connectivity index (χ2n) is 4.96. The molecule has 6 nitrogen and oxygen atoms in total. The molecule has 0 fully saturated rings. The zero-order valence-corrected chi connectivity index (χ0v) is 14.3. The lowest BCUT2D eigenvalue weighted by Gasteiger charge is -2.16. The summed E-state index contributed by atoms with van der Waals surface area (Å²) in [6, 6.07) is 9.93. The summed E-state index contributed by atoms with van der Waals surface area (Å²) < 4.78 is 5.21. The molecule has 2 aromatic rings. The van der Waals surface area contributed by atoms with E-state index in [2.05, 4.69) is 34.0 Å². The highest BCUT2D eigenvalue weighted by molar-refractivity contribution is 8.14. The Kier molecular flexibility index (Phi) is 7.09. The molecule has 1 heterocycles. The highest BCUT2D eigenvalue weighted by atomic mass is 32.2. The van der Waals surface area contributed by atoms with Crippen LogP contribution in [0, 0.1) is 0 Å². The van der Waals surface area contributed by atoms with Crippen LogP contribution in [0.4, 0.5) is 0 Å². The predicted molar refractivity (Wildman–Crippen MR) is 92.1 cm³/mol. The monoisotopic (exact) mass is 334 g/mol. The van der Waals surface area contributed by atoms with Crippen molar-refractivity contribution in [3.05, 3.63) is 47.6 Å². The zero-order valence-electron chi connectivity index (χ0n) is 13.5. The average molecular weight is 334 g/mol. The number of thioether (sulfide) groups is 1. The molecule has 1 aromatic carbocycles. The molecule has 124 valence electrons. The van der Waals surface area contributed by atoms with Crippen molar-refractivity contribution in [1.29, 1.82) is 0 Å². The molecule has 0 bridgehead atoms. The van der Waals surface area contributed by atoms with Crippen LogP contribution in [-0.2, 0) is 6.42 Å². The number of benzene rings is 1. The van der Waals surface area contributed by atoms with Crippen molar-refractivity contribution in [2.75, 3.05) is 25.4 Å². The maximum absolute atomic E-state index is 9.18. The number of rotatable bonds is 8. The van der Waals surface area contributed by atoms with Crippen molar-refractivity contribution >= 4 is 16.8 Å². The molecular formula is C16H22N4O2S. The van der Waals surface area contributed by atoms with Crippen LogP contribution in [0.25, 0.3) is 0 Å². The van der Waals surface area contributed by atoms with Gasteiger partial charge in [-0.25, -0.2) is 0 Å². The van der Waals surface area contributed by atoms with Crippen LogP contribution in [0.1, 0.15) is 31.1 Å². The van der Waals surface area contributed by atoms with E-state index in [1.54, 1.807) is 0 Å². The molecule has 2 rings (SSSR count). The van der Waals surface area contributed by atoms with Crippen molar-refractivity contribution in [2.24, 2.45) is 5.16 Å². The largest absolute Gasteiger partial charge is 0.410 e. The molecular weight excluding hydrogens is 312 g/mol. The van der Waals surface area contributed by atoms with E-state index in [1.165, 1.54) is 11.8 Å². The molecule has 0 amide bonds. The first-order valence-electron chi connectivity index (χ1n) is 7.70. The predicted octanol–water partition coefficient (Wildman–Crippen LogP) is 2.87. The fourth-order valence-corrected chi connectivity index (χ4v) is 2.94. The van der Waals surface area contributed by atoms with Gasteiger partial charge < -0.3 is 14.6 Å². The molecule has 0 spiro atoms. The van der Waals surface area contributed by atoms with E-state index in [-0.39, 0.29) is 5.89 Å². The lowest BCUT2D eigenvalue weighted by atomic mass is 10.1. The van der Waals surface area contributed by atoms with Gasteiger partial charge in [-0.2, -0.15) is 4.98 Å². The highest BCUT2D eigenvalue weighted by Crippen LogP contribution is 2.14. The third kappa shape index (κ3) is 5.37. The van der Waals surface area contributed by atoms with E-state index < -0.39 is 0 Å². The molecule has 0 atom stereocenters. The second-order valence-corrected chi connectivity index (χ2v) is 6.04. The van der Waals surface area contributed by atoms with E-state index in [0.29, 0.717) is 17.3 Å². The Balaban J connectivity index is 1.92. The van der Waals surface area contributed by atoms with Gasteiger partial charge in [-0.15, -0.1) is 0 Å². The Hall–Kier alpha value is -1.86. The SMILES string of the molecule is CCN(CC)CCSC(=NO)c1nc(Cc2ccccc2)no1. The molecule has 0 aliphatic heterocycles. The van der Waals surface area contributed by atoms with Crippen molar-refractivity contribution in [3.8, 4) is 0 Å². The lowest BCUT2D eigenvalue weighted by molar-refractivity contribution is 0.317. The molecule has 0 saturated carbocycles. The Morgan fingerprint density at radius 2 is 2.00 bits per heavy atom. The topological polar surface area (TPSA) is 74.8 Å². The van der Waals surface area contributed by atoms with Crippen LogP contribution in [0.2, 0.25) is 0 Å². The summed E-state index contributed by atoms with van der Waals surface area (Å²) in [4.78, 5) is 6.61. The van der Waals surface area contributed by atoms with Crippen LogP contribution in [-0.4, -0.2) is 50.7 Å². The molecule has 0 aliphatic rings. The van der Waals surface area contributed by atoms with Gasteiger partial charge in [-0.1, -0.05) is 66.3 Å². The summed E-state index contributed by atoms with van der Waals surface area (Å²) in [5, 5.41) is 16.8. The van der Waals surface area contributed by atoms with Crippen LogP contribution in [0.3, 0.4) is 0 Å². The molecule has 0 unspecified atom stereocenters. The maximum Gasteiger partial charge on any atom is 0.286 e. The summed E-state index contributed by atoms with van der Waals surface area (Å²) >= 11 is 1.42. The summed E-state index contributed by atoms with van der Waals surface area (Å²) in [6.45, 7) is 7.18. The quantitative estimate of drug-likeness (QED) is 0.346. The summed E-state index contributed by atoms with van der Waals surface area (Å²) in [5.74, 6) is 1.65. The number of oxime groups is 1. The fourth-order valence-electron chi connectivity index (χ4n) is 2.14. The van der Waals surface area contributed by atoms with E-state index in [4.69, 9.17) is 4.52 Å². The normalized spacial score (nSPS) is 12.0. The van der Waals surface area contributed by atoms with Gasteiger partial charge in [-0.3, -0.25) is 0 Å². The molecule has 23 heavy (non-hydrogen) atoms. The van der Waals surface area contributed by atoms with Gasteiger partial charge >= 0.3 is 0 Å². The molecule has 0 radical (unpaired) electrons. The lowest BCUT2D eigenvalue weighted by Crippen LogP contribution is -2.25. The molecule has 1 aromatic heterocycles. The van der Waals surface area contributed by atoms with E-state index >= 15 is 0 Å². The van der Waals surface area contributed by atoms with Crippen molar-refractivity contribution in [3.63, 3.8) is 0 Å². The van der Waals surface area contributed by atoms with Crippen LogP contribution in [0.5, 0.6) is 0 Å².